The van der Waals surface area contributed by atoms with Gasteiger partial charge in [-0.25, -0.2) is 4.79 Å². The van der Waals surface area contributed by atoms with E-state index in [1.165, 1.54) is 54.6 Å². The Bertz CT molecular complexity index is 1690. The number of carbonyl (C=O) groups excluding carboxylic acids is 1. The van der Waals surface area contributed by atoms with Gasteiger partial charge in [-0.1, -0.05) is 12.1 Å². The fourth-order valence-electron chi connectivity index (χ4n) is 3.92. The maximum absolute atomic E-state index is 13.3. The minimum atomic E-state index is -1.03. The maximum Gasteiger partial charge on any atom is 0.338 e. The lowest BCUT2D eigenvalue weighted by Crippen LogP contribution is -2.40. The minimum Gasteiger partial charge on any atom is -0.463 e. The molecule has 4 rings (SSSR count). The van der Waals surface area contributed by atoms with Crippen molar-refractivity contribution in [3.05, 3.63) is 105 Å². The second-order valence-corrected chi connectivity index (χ2v) is 8.76. The van der Waals surface area contributed by atoms with Crippen LogP contribution in [0.2, 0.25) is 0 Å². The van der Waals surface area contributed by atoms with Crippen LogP contribution in [0, 0.1) is 31.6 Å². The van der Waals surface area contributed by atoms with Gasteiger partial charge in [0.25, 0.3) is 16.9 Å². The van der Waals surface area contributed by atoms with Crippen LogP contribution < -0.4 is 20.5 Å². The van der Waals surface area contributed by atoms with Crippen LogP contribution in [0.15, 0.2) is 58.9 Å². The predicted molar refractivity (Wildman–Crippen MR) is 133 cm³/mol. The molecule has 1 aliphatic heterocycles. The van der Waals surface area contributed by atoms with Gasteiger partial charge in [0.2, 0.25) is 0 Å². The Hall–Kier alpha value is -5.09. The fourth-order valence-corrected chi connectivity index (χ4v) is 5.08. The quantitative estimate of drug-likeness (QED) is 0.288. The molecule has 3 aromatic rings. The summed E-state index contributed by atoms with van der Waals surface area (Å²) >= 11 is 0.944. The van der Waals surface area contributed by atoms with Crippen molar-refractivity contribution in [1.29, 1.82) is 5.26 Å². The number of hydrogen-bond acceptors (Lipinski definition) is 10. The van der Waals surface area contributed by atoms with E-state index < -0.39 is 27.3 Å². The molecule has 0 amide bonds. The number of allylic oxidation sites excluding steroid dienone is 1. The summed E-state index contributed by atoms with van der Waals surface area (Å²) in [5, 5.41) is 32.0. The van der Waals surface area contributed by atoms with Gasteiger partial charge in [0.15, 0.2) is 0 Å². The van der Waals surface area contributed by atoms with Gasteiger partial charge in [-0.15, -0.1) is 11.3 Å². The molecule has 0 radical (unpaired) electrons. The van der Waals surface area contributed by atoms with Crippen molar-refractivity contribution in [2.45, 2.75) is 12.8 Å². The molecule has 0 saturated carbocycles. The first-order chi connectivity index (χ1) is 17.7. The number of benzene rings is 2. The monoisotopic (exact) mass is 519 g/mol. The third-order valence-electron chi connectivity index (χ3n) is 5.60. The van der Waals surface area contributed by atoms with Crippen molar-refractivity contribution in [2.24, 2.45) is 5.73 Å². The molecule has 13 heteroatoms. The lowest BCUT2D eigenvalue weighted by Gasteiger charge is -2.24. The number of nitro benzene ring substituents is 2. The number of thiazole rings is 1. The number of esters is 1. The third-order valence-corrected chi connectivity index (χ3v) is 6.71. The van der Waals surface area contributed by atoms with Crippen molar-refractivity contribution >= 4 is 46.2 Å². The van der Waals surface area contributed by atoms with Gasteiger partial charge in [-0.2, -0.15) is 5.26 Å². The SMILES string of the molecule is CCOC(=O)C1=c2s/c(=C\c3ccc([N+](=O)[O-])cc3)c(=O)n2C(N)=C(C#N)[C@@H]1c1ccc([N+](=O)[O-])cc1. The van der Waals surface area contributed by atoms with Crippen LogP contribution in [0.25, 0.3) is 17.5 Å². The van der Waals surface area contributed by atoms with E-state index in [4.69, 9.17) is 10.5 Å². The van der Waals surface area contributed by atoms with Crippen LogP contribution in [-0.2, 0) is 9.53 Å². The number of carbonyl (C=O) groups is 1. The maximum atomic E-state index is 13.3. The number of nitro groups is 2. The first-order valence-electron chi connectivity index (χ1n) is 10.7. The standard InChI is InChI=1S/C24H17N5O7S/c1-2-36-24(31)20-19(14-5-9-16(10-6-14)29(34)35)17(12-25)21(26)27-22(30)18(37-23(20)27)11-13-3-7-15(8-4-13)28(32)33/h3-11,19H,2,26H2,1H3/b18-11-/t19-/m0/s1. The van der Waals surface area contributed by atoms with E-state index in [0.29, 0.717) is 11.1 Å². The summed E-state index contributed by atoms with van der Waals surface area (Å²) in [5.41, 5.74) is 6.15. The molecule has 1 aliphatic rings. The second kappa shape index (κ2) is 9.88. The average Bonchev–Trinajstić information content (AvgIpc) is 3.20. The number of ether oxygens (including phenoxy) is 1. The van der Waals surface area contributed by atoms with Gasteiger partial charge < -0.3 is 10.5 Å². The molecule has 2 aromatic carbocycles. The highest BCUT2D eigenvalue weighted by molar-refractivity contribution is 7.07. The zero-order valence-electron chi connectivity index (χ0n) is 19.1. The van der Waals surface area contributed by atoms with Gasteiger partial charge in [0.05, 0.1) is 44.1 Å². The van der Waals surface area contributed by atoms with E-state index in [1.54, 1.807) is 6.92 Å². The molecule has 186 valence electrons. The van der Waals surface area contributed by atoms with Crippen molar-refractivity contribution in [2.75, 3.05) is 6.61 Å². The van der Waals surface area contributed by atoms with Crippen LogP contribution in [-0.4, -0.2) is 27.0 Å². The first-order valence-corrected chi connectivity index (χ1v) is 11.5. The zero-order valence-corrected chi connectivity index (χ0v) is 19.9. The Kier molecular flexibility index (Phi) is 6.68. The number of aromatic nitrogens is 1. The van der Waals surface area contributed by atoms with E-state index in [0.717, 1.165) is 15.9 Å². The molecule has 0 bridgehead atoms. The summed E-state index contributed by atoms with van der Waals surface area (Å²) in [4.78, 5) is 47.4. The number of nitrogens with zero attached hydrogens (tertiary/aromatic N) is 4. The van der Waals surface area contributed by atoms with Gasteiger partial charge in [-0.3, -0.25) is 29.6 Å². The number of non-ortho nitro benzene ring substituents is 2. The summed E-state index contributed by atoms with van der Waals surface area (Å²) in [5.74, 6) is -1.99. The number of rotatable bonds is 6. The van der Waals surface area contributed by atoms with Gasteiger partial charge in [0, 0.05) is 24.3 Å². The molecule has 0 fully saturated rings. The van der Waals surface area contributed by atoms with Crippen LogP contribution in [0.1, 0.15) is 24.0 Å². The molecule has 37 heavy (non-hydrogen) atoms. The lowest BCUT2D eigenvalue weighted by atomic mass is 9.84. The van der Waals surface area contributed by atoms with Crippen molar-refractivity contribution in [1.82, 2.24) is 4.57 Å². The molecule has 0 unspecified atom stereocenters. The molecule has 0 saturated heterocycles. The van der Waals surface area contributed by atoms with Crippen LogP contribution in [0.5, 0.6) is 0 Å². The highest BCUT2D eigenvalue weighted by Gasteiger charge is 2.36. The molecule has 1 atom stereocenters. The third kappa shape index (κ3) is 4.48. The number of hydrogen-bond donors (Lipinski definition) is 1. The Morgan fingerprint density at radius 2 is 1.70 bits per heavy atom. The van der Waals surface area contributed by atoms with Crippen LogP contribution in [0.4, 0.5) is 11.4 Å². The molecule has 2 N–H and O–H groups in total. The van der Waals surface area contributed by atoms with Crippen molar-refractivity contribution in [3.8, 4) is 6.07 Å². The minimum absolute atomic E-state index is 0.00750. The van der Waals surface area contributed by atoms with Crippen LogP contribution in [0.3, 0.4) is 0 Å². The van der Waals surface area contributed by atoms with E-state index >= 15 is 0 Å². The largest absolute Gasteiger partial charge is 0.463 e. The summed E-state index contributed by atoms with van der Waals surface area (Å²) < 4.78 is 6.62. The smallest absolute Gasteiger partial charge is 0.338 e. The predicted octanol–water partition coefficient (Wildman–Crippen LogP) is 1.72. The Balaban J connectivity index is 2.01. The van der Waals surface area contributed by atoms with Gasteiger partial charge in [0.1, 0.15) is 10.5 Å². The highest BCUT2D eigenvalue weighted by atomic mass is 32.1. The van der Waals surface area contributed by atoms with E-state index in [1.807, 2.05) is 6.07 Å². The molecular formula is C24H17N5O7S. The van der Waals surface area contributed by atoms with Gasteiger partial charge in [-0.05, 0) is 36.3 Å². The summed E-state index contributed by atoms with van der Waals surface area (Å²) in [6, 6.07) is 12.8. The topological polar surface area (TPSA) is 184 Å². The van der Waals surface area contributed by atoms with E-state index in [-0.39, 0.29) is 44.1 Å². The second-order valence-electron chi connectivity index (χ2n) is 7.73. The number of fused-ring (bicyclic) bond motifs is 1. The molecule has 0 aliphatic carbocycles. The highest BCUT2D eigenvalue weighted by Crippen LogP contribution is 2.37. The first kappa shape index (κ1) is 25.0. The summed E-state index contributed by atoms with van der Waals surface area (Å²) in [6.45, 7) is 1.63. The molecular weight excluding hydrogens is 502 g/mol. The Morgan fingerprint density at radius 1 is 1.14 bits per heavy atom. The number of nitriles is 1. The van der Waals surface area contributed by atoms with E-state index in [2.05, 4.69) is 0 Å². The molecule has 1 aromatic heterocycles. The van der Waals surface area contributed by atoms with E-state index in [9.17, 15) is 35.1 Å². The zero-order chi connectivity index (χ0) is 26.9. The average molecular weight is 519 g/mol. The Labute approximate surface area is 211 Å². The van der Waals surface area contributed by atoms with Crippen LogP contribution >= 0.6 is 11.3 Å². The molecule has 12 nitrogen and oxygen atoms in total. The Morgan fingerprint density at radius 3 is 2.22 bits per heavy atom. The normalized spacial score (nSPS) is 15.2. The lowest BCUT2D eigenvalue weighted by molar-refractivity contribution is -0.385. The molecule has 2 heterocycles. The number of nitrogens with two attached hydrogens (primary N) is 1. The van der Waals surface area contributed by atoms with Crippen molar-refractivity contribution < 1.29 is 19.4 Å². The van der Waals surface area contributed by atoms with Gasteiger partial charge >= 0.3 is 5.97 Å². The van der Waals surface area contributed by atoms with Crippen molar-refractivity contribution in [3.63, 3.8) is 0 Å². The summed E-state index contributed by atoms with van der Waals surface area (Å²) in [6.07, 6.45) is 1.49. The molecule has 0 spiro atoms. The summed E-state index contributed by atoms with van der Waals surface area (Å²) in [7, 11) is 0. The fraction of sp³-hybridized carbons (Fsp3) is 0.125.